The standard InChI is InChI=1S/C7H10OSi/c1-9-7-4-2-6(8)3-5-7/h2-5,8H,9H2,1H3. The Morgan fingerprint density at radius 2 is 1.78 bits per heavy atom. The molecular weight excluding hydrogens is 128 g/mol. The molecule has 1 nitrogen and oxygen atoms in total. The van der Waals surface area contributed by atoms with E-state index in [1.807, 2.05) is 12.1 Å². The minimum atomic E-state index is -0.0358. The number of benzene rings is 1. The second-order valence-electron chi connectivity index (χ2n) is 2.02. The van der Waals surface area contributed by atoms with Crippen molar-refractivity contribution in [2.24, 2.45) is 0 Å². The minimum absolute atomic E-state index is 0.0358. The lowest BCUT2D eigenvalue weighted by atomic mass is 10.3. The van der Waals surface area contributed by atoms with Gasteiger partial charge in [-0.05, 0) is 12.1 Å². The minimum Gasteiger partial charge on any atom is -0.508 e. The van der Waals surface area contributed by atoms with Gasteiger partial charge in [0.05, 0.1) is 9.52 Å². The highest BCUT2D eigenvalue weighted by Crippen LogP contribution is 2.01. The number of hydrogen-bond donors (Lipinski definition) is 1. The molecule has 0 saturated carbocycles. The van der Waals surface area contributed by atoms with Crippen molar-refractivity contribution in [1.82, 2.24) is 0 Å². The summed E-state index contributed by atoms with van der Waals surface area (Å²) in [6.45, 7) is 2.23. The molecular formula is C7H10OSi. The second kappa shape index (κ2) is 2.69. The van der Waals surface area contributed by atoms with E-state index in [-0.39, 0.29) is 9.52 Å². The zero-order chi connectivity index (χ0) is 6.69. The van der Waals surface area contributed by atoms with Gasteiger partial charge in [-0.1, -0.05) is 23.9 Å². The molecule has 2 heteroatoms. The Morgan fingerprint density at radius 1 is 1.22 bits per heavy atom. The predicted octanol–water partition coefficient (Wildman–Crippen LogP) is 0.234. The molecule has 0 aliphatic rings. The largest absolute Gasteiger partial charge is 0.508 e. The SMILES string of the molecule is C[SiH2]c1ccc(O)cc1. The summed E-state index contributed by atoms with van der Waals surface area (Å²) >= 11 is 0. The van der Waals surface area contributed by atoms with E-state index in [1.165, 1.54) is 5.19 Å². The van der Waals surface area contributed by atoms with E-state index >= 15 is 0 Å². The second-order valence-corrected chi connectivity index (χ2v) is 3.54. The molecule has 48 valence electrons. The molecule has 0 fully saturated rings. The summed E-state index contributed by atoms with van der Waals surface area (Å²) in [4.78, 5) is 0. The highest BCUT2D eigenvalue weighted by Gasteiger charge is 1.87. The lowest BCUT2D eigenvalue weighted by Crippen LogP contribution is -2.07. The summed E-state index contributed by atoms with van der Waals surface area (Å²) in [5.41, 5.74) is 0. The fourth-order valence-corrected chi connectivity index (χ4v) is 1.44. The van der Waals surface area contributed by atoms with E-state index < -0.39 is 0 Å². The lowest BCUT2D eigenvalue weighted by molar-refractivity contribution is 0.475. The van der Waals surface area contributed by atoms with Gasteiger partial charge in [0.1, 0.15) is 5.75 Å². The first-order chi connectivity index (χ1) is 4.33. The Hall–Kier alpha value is -0.763. The van der Waals surface area contributed by atoms with Crippen LogP contribution in [-0.4, -0.2) is 14.6 Å². The maximum absolute atomic E-state index is 8.87. The summed E-state index contributed by atoms with van der Waals surface area (Å²) in [5, 5.41) is 10.3. The van der Waals surface area contributed by atoms with Crippen LogP contribution in [0, 0.1) is 0 Å². The average molecular weight is 138 g/mol. The monoisotopic (exact) mass is 138 g/mol. The lowest BCUT2D eigenvalue weighted by Gasteiger charge is -1.93. The van der Waals surface area contributed by atoms with Crippen LogP contribution in [0.15, 0.2) is 24.3 Å². The molecule has 1 N–H and O–H groups in total. The molecule has 0 amide bonds. The Balaban J connectivity index is 2.88. The van der Waals surface area contributed by atoms with E-state index in [0.717, 1.165) is 0 Å². The summed E-state index contributed by atoms with van der Waals surface area (Å²) in [7, 11) is -0.0358. The van der Waals surface area contributed by atoms with Gasteiger partial charge >= 0.3 is 0 Å². The van der Waals surface area contributed by atoms with Gasteiger partial charge in [-0.25, -0.2) is 0 Å². The van der Waals surface area contributed by atoms with Gasteiger partial charge in [-0.15, -0.1) is 0 Å². The van der Waals surface area contributed by atoms with Crippen LogP contribution in [0.25, 0.3) is 0 Å². The van der Waals surface area contributed by atoms with Gasteiger partial charge in [0.2, 0.25) is 0 Å². The molecule has 0 aliphatic carbocycles. The van der Waals surface area contributed by atoms with Gasteiger partial charge in [-0.2, -0.15) is 0 Å². The zero-order valence-electron chi connectivity index (χ0n) is 5.46. The first kappa shape index (κ1) is 6.36. The fraction of sp³-hybridized carbons (Fsp3) is 0.143. The van der Waals surface area contributed by atoms with Crippen molar-refractivity contribution in [3.05, 3.63) is 24.3 Å². The van der Waals surface area contributed by atoms with Crippen LogP contribution in [-0.2, 0) is 0 Å². The Kier molecular flexibility index (Phi) is 1.90. The Labute approximate surface area is 57.2 Å². The zero-order valence-corrected chi connectivity index (χ0v) is 6.88. The van der Waals surface area contributed by atoms with Crippen LogP contribution in [0.3, 0.4) is 0 Å². The molecule has 0 heterocycles. The Morgan fingerprint density at radius 3 is 2.22 bits per heavy atom. The fourth-order valence-electron chi connectivity index (χ4n) is 0.732. The van der Waals surface area contributed by atoms with Crippen molar-refractivity contribution in [2.75, 3.05) is 0 Å². The van der Waals surface area contributed by atoms with Crippen LogP contribution in [0.1, 0.15) is 0 Å². The molecule has 0 spiro atoms. The third-order valence-electron chi connectivity index (χ3n) is 1.34. The molecule has 1 aromatic carbocycles. The van der Waals surface area contributed by atoms with E-state index in [0.29, 0.717) is 5.75 Å². The van der Waals surface area contributed by atoms with Gasteiger partial charge in [-0.3, -0.25) is 0 Å². The topological polar surface area (TPSA) is 20.2 Å². The van der Waals surface area contributed by atoms with Crippen LogP contribution >= 0.6 is 0 Å². The van der Waals surface area contributed by atoms with Crippen molar-refractivity contribution >= 4 is 14.7 Å². The highest BCUT2D eigenvalue weighted by atomic mass is 28.2. The number of rotatable bonds is 1. The number of phenols is 1. The third-order valence-corrected chi connectivity index (χ3v) is 2.63. The normalized spacial score (nSPS) is 10.8. The van der Waals surface area contributed by atoms with E-state index in [4.69, 9.17) is 5.11 Å². The van der Waals surface area contributed by atoms with Crippen molar-refractivity contribution in [1.29, 1.82) is 0 Å². The van der Waals surface area contributed by atoms with E-state index in [1.54, 1.807) is 12.1 Å². The summed E-state index contributed by atoms with van der Waals surface area (Å²) in [6, 6.07) is 7.46. The summed E-state index contributed by atoms with van der Waals surface area (Å²) < 4.78 is 0. The number of aromatic hydroxyl groups is 1. The van der Waals surface area contributed by atoms with Crippen LogP contribution in [0.2, 0.25) is 6.55 Å². The van der Waals surface area contributed by atoms with Crippen LogP contribution in [0.4, 0.5) is 0 Å². The summed E-state index contributed by atoms with van der Waals surface area (Å²) in [5.74, 6) is 0.362. The molecule has 0 saturated heterocycles. The van der Waals surface area contributed by atoms with Crippen molar-refractivity contribution in [3.63, 3.8) is 0 Å². The van der Waals surface area contributed by atoms with Crippen molar-refractivity contribution in [3.8, 4) is 5.75 Å². The maximum Gasteiger partial charge on any atom is 0.115 e. The first-order valence-corrected chi connectivity index (χ1v) is 5.23. The smallest absolute Gasteiger partial charge is 0.115 e. The summed E-state index contributed by atoms with van der Waals surface area (Å²) in [6.07, 6.45) is 0. The van der Waals surface area contributed by atoms with Gasteiger partial charge < -0.3 is 5.11 Å². The third kappa shape index (κ3) is 1.57. The Bertz CT molecular complexity index is 181. The number of hydrogen-bond acceptors (Lipinski definition) is 1. The molecule has 0 aliphatic heterocycles. The van der Waals surface area contributed by atoms with Crippen molar-refractivity contribution < 1.29 is 5.11 Å². The highest BCUT2D eigenvalue weighted by molar-refractivity contribution is 6.51. The van der Waals surface area contributed by atoms with E-state index in [9.17, 15) is 0 Å². The van der Waals surface area contributed by atoms with Crippen LogP contribution < -0.4 is 5.19 Å². The van der Waals surface area contributed by atoms with E-state index in [2.05, 4.69) is 6.55 Å². The van der Waals surface area contributed by atoms with Crippen LogP contribution in [0.5, 0.6) is 5.75 Å². The molecule has 9 heavy (non-hydrogen) atoms. The molecule has 0 aromatic heterocycles. The molecule has 1 rings (SSSR count). The first-order valence-electron chi connectivity index (χ1n) is 3.11. The number of phenolic OH excluding ortho intramolecular Hbond substituents is 1. The predicted molar refractivity (Wildman–Crippen MR) is 42.1 cm³/mol. The molecule has 0 radical (unpaired) electrons. The van der Waals surface area contributed by atoms with Gasteiger partial charge in [0.25, 0.3) is 0 Å². The molecule has 0 unspecified atom stereocenters. The molecule has 1 aromatic rings. The quantitative estimate of drug-likeness (QED) is 0.551. The molecule has 0 atom stereocenters. The molecule has 0 bridgehead atoms. The van der Waals surface area contributed by atoms with Gasteiger partial charge in [0, 0.05) is 0 Å². The maximum atomic E-state index is 8.87. The average Bonchev–Trinajstić information content (AvgIpc) is 1.90. The van der Waals surface area contributed by atoms with Gasteiger partial charge in [0.15, 0.2) is 0 Å². The van der Waals surface area contributed by atoms with Crippen molar-refractivity contribution in [2.45, 2.75) is 6.55 Å².